The molecule has 0 bridgehead atoms. The van der Waals surface area contributed by atoms with E-state index in [0.717, 1.165) is 11.5 Å². The average Bonchev–Trinajstić information content (AvgIpc) is 2.62. The summed E-state index contributed by atoms with van der Waals surface area (Å²) in [5, 5.41) is 3.00. The molecule has 2 aromatic rings. The Morgan fingerprint density at radius 1 is 1.29 bits per heavy atom. The summed E-state index contributed by atoms with van der Waals surface area (Å²) in [6, 6.07) is 8.71. The Bertz CT molecular complexity index is 661. The fourth-order valence-corrected chi connectivity index (χ4v) is 2.11. The number of methoxy groups -OCH3 is 1. The summed E-state index contributed by atoms with van der Waals surface area (Å²) in [5.74, 6) is 1.05. The Kier molecular flexibility index (Phi) is 6.51. The number of nitrogens with two attached hydrogens (primary N) is 1. The van der Waals surface area contributed by atoms with Crippen molar-refractivity contribution in [2.45, 2.75) is 18.9 Å². The van der Waals surface area contributed by atoms with Crippen molar-refractivity contribution >= 4 is 11.8 Å². The number of hydrogen-bond donors (Lipinski definition) is 2. The van der Waals surface area contributed by atoms with Gasteiger partial charge in [-0.3, -0.25) is 9.78 Å². The van der Waals surface area contributed by atoms with Crippen LogP contribution >= 0.6 is 0 Å². The molecular formula is C17H22N4O3. The van der Waals surface area contributed by atoms with Gasteiger partial charge < -0.3 is 20.5 Å². The molecule has 0 aliphatic rings. The topological polar surface area (TPSA) is 99.4 Å². The number of rotatable bonds is 8. The molecule has 0 aliphatic heterocycles. The number of anilines is 1. The van der Waals surface area contributed by atoms with Gasteiger partial charge in [0, 0.05) is 31.3 Å². The minimum Gasteiger partial charge on any atom is -0.492 e. The third kappa shape index (κ3) is 5.20. The maximum absolute atomic E-state index is 11.3. The van der Waals surface area contributed by atoms with Crippen molar-refractivity contribution in [2.75, 3.05) is 26.1 Å². The first kappa shape index (κ1) is 17.7. The standard InChI is InChI=1S/C17H22N4O3/c1-19-16-5-3-4-12(21-16)8-9-24-14-7-6-13(20-11-14)10-15(18)17(22)23-2/h3-7,11,15H,8-10,18H2,1-2H3,(H,19,21). The van der Waals surface area contributed by atoms with Gasteiger partial charge in [-0.25, -0.2) is 4.98 Å². The number of ether oxygens (including phenoxy) is 2. The van der Waals surface area contributed by atoms with Gasteiger partial charge in [0.1, 0.15) is 17.6 Å². The largest absolute Gasteiger partial charge is 0.492 e. The van der Waals surface area contributed by atoms with E-state index in [1.165, 1.54) is 7.11 Å². The number of pyridine rings is 2. The number of carbonyl (C=O) groups excluding carboxylic acids is 1. The molecule has 0 aliphatic carbocycles. The monoisotopic (exact) mass is 330 g/mol. The first-order valence-electron chi connectivity index (χ1n) is 7.67. The molecule has 0 amide bonds. The van der Waals surface area contributed by atoms with Crippen LogP contribution in [0.15, 0.2) is 36.5 Å². The van der Waals surface area contributed by atoms with E-state index in [9.17, 15) is 4.79 Å². The maximum Gasteiger partial charge on any atom is 0.323 e. The second kappa shape index (κ2) is 8.83. The molecule has 2 rings (SSSR count). The predicted molar refractivity (Wildman–Crippen MR) is 90.9 cm³/mol. The fourth-order valence-electron chi connectivity index (χ4n) is 2.11. The van der Waals surface area contributed by atoms with Crippen LogP contribution in [-0.4, -0.2) is 42.7 Å². The Morgan fingerprint density at radius 3 is 2.79 bits per heavy atom. The molecule has 7 heteroatoms. The van der Waals surface area contributed by atoms with Gasteiger partial charge in [0.25, 0.3) is 0 Å². The smallest absolute Gasteiger partial charge is 0.323 e. The summed E-state index contributed by atoms with van der Waals surface area (Å²) in [7, 11) is 3.15. The third-order valence-corrected chi connectivity index (χ3v) is 3.42. The van der Waals surface area contributed by atoms with Crippen molar-refractivity contribution in [3.05, 3.63) is 47.9 Å². The minimum atomic E-state index is -0.709. The molecule has 0 radical (unpaired) electrons. The molecule has 2 heterocycles. The van der Waals surface area contributed by atoms with Crippen LogP contribution in [-0.2, 0) is 22.4 Å². The van der Waals surface area contributed by atoms with E-state index in [0.29, 0.717) is 30.9 Å². The van der Waals surface area contributed by atoms with Crippen LogP contribution in [0.5, 0.6) is 5.75 Å². The van der Waals surface area contributed by atoms with Crippen LogP contribution in [0.3, 0.4) is 0 Å². The Balaban J connectivity index is 1.82. The van der Waals surface area contributed by atoms with Crippen LogP contribution in [0, 0.1) is 0 Å². The van der Waals surface area contributed by atoms with E-state index in [2.05, 4.69) is 20.0 Å². The lowest BCUT2D eigenvalue weighted by atomic mass is 10.1. The summed E-state index contributed by atoms with van der Waals surface area (Å²) < 4.78 is 10.3. The van der Waals surface area contributed by atoms with Crippen molar-refractivity contribution < 1.29 is 14.3 Å². The Morgan fingerprint density at radius 2 is 2.12 bits per heavy atom. The van der Waals surface area contributed by atoms with Crippen molar-refractivity contribution in [3.8, 4) is 5.75 Å². The lowest BCUT2D eigenvalue weighted by molar-refractivity contribution is -0.142. The van der Waals surface area contributed by atoms with Gasteiger partial charge in [0.05, 0.1) is 19.9 Å². The first-order chi connectivity index (χ1) is 11.6. The molecule has 0 fully saturated rings. The first-order valence-corrected chi connectivity index (χ1v) is 7.67. The van der Waals surface area contributed by atoms with Gasteiger partial charge >= 0.3 is 5.97 Å². The van der Waals surface area contributed by atoms with Gasteiger partial charge in [-0.15, -0.1) is 0 Å². The van der Waals surface area contributed by atoms with Crippen LogP contribution in [0.25, 0.3) is 0 Å². The second-order valence-corrected chi connectivity index (χ2v) is 5.18. The summed E-state index contributed by atoms with van der Waals surface area (Å²) in [6.45, 7) is 0.503. The van der Waals surface area contributed by atoms with E-state index < -0.39 is 12.0 Å². The molecule has 1 unspecified atom stereocenters. The normalized spacial score (nSPS) is 11.6. The molecule has 128 valence electrons. The molecule has 0 spiro atoms. The number of aromatic nitrogens is 2. The highest BCUT2D eigenvalue weighted by molar-refractivity contribution is 5.75. The number of hydrogen-bond acceptors (Lipinski definition) is 7. The van der Waals surface area contributed by atoms with Gasteiger partial charge in [0.2, 0.25) is 0 Å². The average molecular weight is 330 g/mol. The number of esters is 1. The van der Waals surface area contributed by atoms with Gasteiger partial charge in [0.15, 0.2) is 0 Å². The SMILES string of the molecule is CNc1cccc(CCOc2ccc(CC(N)C(=O)OC)nc2)n1. The van der Waals surface area contributed by atoms with Gasteiger partial charge in [-0.1, -0.05) is 6.07 Å². The highest BCUT2D eigenvalue weighted by atomic mass is 16.5. The maximum atomic E-state index is 11.3. The molecule has 3 N–H and O–H groups in total. The van der Waals surface area contributed by atoms with Crippen LogP contribution in [0.2, 0.25) is 0 Å². The zero-order valence-corrected chi connectivity index (χ0v) is 13.9. The highest BCUT2D eigenvalue weighted by Crippen LogP contribution is 2.11. The Labute approximate surface area is 141 Å². The molecule has 0 aromatic carbocycles. The second-order valence-electron chi connectivity index (χ2n) is 5.18. The highest BCUT2D eigenvalue weighted by Gasteiger charge is 2.14. The summed E-state index contributed by atoms with van der Waals surface area (Å²) >= 11 is 0. The minimum absolute atomic E-state index is 0.327. The lowest BCUT2D eigenvalue weighted by Crippen LogP contribution is -2.33. The van der Waals surface area contributed by atoms with Crippen LogP contribution in [0.4, 0.5) is 5.82 Å². The lowest BCUT2D eigenvalue weighted by Gasteiger charge is -2.10. The molecular weight excluding hydrogens is 308 g/mol. The molecule has 0 saturated heterocycles. The predicted octanol–water partition coefficient (Wildman–Crippen LogP) is 1.18. The summed E-state index contributed by atoms with van der Waals surface area (Å²) in [6.07, 6.45) is 2.65. The number of nitrogens with one attached hydrogen (secondary N) is 1. The van der Waals surface area contributed by atoms with E-state index >= 15 is 0 Å². The van der Waals surface area contributed by atoms with Crippen molar-refractivity contribution in [1.82, 2.24) is 9.97 Å². The van der Waals surface area contributed by atoms with E-state index in [1.54, 1.807) is 12.3 Å². The van der Waals surface area contributed by atoms with Crippen molar-refractivity contribution in [1.29, 1.82) is 0 Å². The van der Waals surface area contributed by atoms with Crippen molar-refractivity contribution in [3.63, 3.8) is 0 Å². The number of nitrogens with zero attached hydrogens (tertiary/aromatic N) is 2. The molecule has 2 aromatic heterocycles. The van der Waals surface area contributed by atoms with E-state index in [-0.39, 0.29) is 0 Å². The number of carbonyl (C=O) groups is 1. The van der Waals surface area contributed by atoms with Crippen LogP contribution < -0.4 is 15.8 Å². The van der Waals surface area contributed by atoms with Crippen molar-refractivity contribution in [2.24, 2.45) is 5.73 Å². The summed E-state index contributed by atoms with van der Waals surface area (Å²) in [4.78, 5) is 20.0. The molecule has 7 nitrogen and oxygen atoms in total. The molecule has 0 saturated carbocycles. The zero-order chi connectivity index (χ0) is 17.4. The quantitative estimate of drug-likeness (QED) is 0.701. The molecule has 24 heavy (non-hydrogen) atoms. The third-order valence-electron chi connectivity index (χ3n) is 3.42. The van der Waals surface area contributed by atoms with Gasteiger partial charge in [-0.05, 0) is 24.3 Å². The van der Waals surface area contributed by atoms with Crippen LogP contribution in [0.1, 0.15) is 11.4 Å². The molecule has 1 atom stereocenters. The van der Waals surface area contributed by atoms with E-state index in [4.69, 9.17) is 10.5 Å². The van der Waals surface area contributed by atoms with Gasteiger partial charge in [-0.2, -0.15) is 0 Å². The summed E-state index contributed by atoms with van der Waals surface area (Å²) in [5.41, 5.74) is 7.37. The Hall–Kier alpha value is -2.67. The zero-order valence-electron chi connectivity index (χ0n) is 13.9. The van der Waals surface area contributed by atoms with E-state index in [1.807, 2.05) is 31.3 Å². The fraction of sp³-hybridized carbons (Fsp3) is 0.353.